The molecule has 268 valence electrons. The highest BCUT2D eigenvalue weighted by atomic mass is 35.5. The molecule has 3 fully saturated rings. The minimum absolute atomic E-state index is 0.169. The van der Waals surface area contributed by atoms with Gasteiger partial charge in [0.2, 0.25) is 5.91 Å². The number of ether oxygens (including phenoxy) is 1. The van der Waals surface area contributed by atoms with Gasteiger partial charge in [0, 0.05) is 68.1 Å². The van der Waals surface area contributed by atoms with Gasteiger partial charge in [-0.15, -0.1) is 0 Å². The number of anilines is 2. The van der Waals surface area contributed by atoms with Crippen molar-refractivity contribution in [1.82, 2.24) is 29.7 Å². The van der Waals surface area contributed by atoms with Crippen molar-refractivity contribution < 1.29 is 13.9 Å². The lowest BCUT2D eigenvalue weighted by molar-refractivity contribution is -0.128. The van der Waals surface area contributed by atoms with Crippen LogP contribution in [0.2, 0.25) is 5.02 Å². The predicted octanol–water partition coefficient (Wildman–Crippen LogP) is 5.54. The van der Waals surface area contributed by atoms with Gasteiger partial charge in [0.15, 0.2) is 0 Å². The topological polar surface area (TPSA) is 115 Å². The number of nitriles is 1. The number of nitrogens with zero attached hydrogens (tertiary/aromatic N) is 9. The summed E-state index contributed by atoms with van der Waals surface area (Å²) < 4.78 is 21.1. The van der Waals surface area contributed by atoms with Gasteiger partial charge in [0.1, 0.15) is 24.4 Å². The first kappa shape index (κ1) is 34.2. The van der Waals surface area contributed by atoms with E-state index < -0.39 is 6.17 Å². The number of rotatable bonds is 8. The molecule has 11 nitrogen and oxygen atoms in total. The smallest absolute Gasteiger partial charge is 0.318 e. The number of hydrogen-bond acceptors (Lipinski definition) is 10. The first-order valence-corrected chi connectivity index (χ1v) is 18.4. The molecule has 2 aromatic heterocycles. The van der Waals surface area contributed by atoms with Gasteiger partial charge in [-0.05, 0) is 62.4 Å². The summed E-state index contributed by atoms with van der Waals surface area (Å²) in [5.74, 6) is 1.23. The Morgan fingerprint density at radius 3 is 2.81 bits per heavy atom. The van der Waals surface area contributed by atoms with Crippen molar-refractivity contribution in [2.24, 2.45) is 0 Å². The number of aryl methyl sites for hydroxylation is 1. The van der Waals surface area contributed by atoms with Crippen LogP contribution in [0.5, 0.6) is 6.01 Å². The zero-order valence-corrected chi connectivity index (χ0v) is 30.0. The van der Waals surface area contributed by atoms with Crippen molar-refractivity contribution in [2.75, 3.05) is 55.7 Å². The molecule has 0 spiro atoms. The number of fused-ring (bicyclic) bond motifs is 3. The molecule has 0 N–H and O–H groups in total. The Bertz CT molecular complexity index is 2070. The Morgan fingerprint density at radius 1 is 1.10 bits per heavy atom. The first-order chi connectivity index (χ1) is 25.3. The van der Waals surface area contributed by atoms with Crippen LogP contribution >= 0.6 is 11.6 Å². The van der Waals surface area contributed by atoms with Crippen LogP contribution in [-0.4, -0.2) is 99.3 Å². The highest BCUT2D eigenvalue weighted by Crippen LogP contribution is 2.41. The fraction of sp³-hybridized carbons (Fsp3) is 0.436. The van der Waals surface area contributed by atoms with Gasteiger partial charge in [0.05, 0.1) is 47.0 Å². The zero-order valence-electron chi connectivity index (χ0n) is 29.2. The van der Waals surface area contributed by atoms with Gasteiger partial charge in [-0.3, -0.25) is 9.69 Å². The van der Waals surface area contributed by atoms with Gasteiger partial charge < -0.3 is 19.4 Å². The molecule has 0 aliphatic carbocycles. The molecule has 6 heterocycles. The van der Waals surface area contributed by atoms with E-state index in [1.165, 1.54) is 6.08 Å². The number of aromatic nitrogens is 4. The van der Waals surface area contributed by atoms with Gasteiger partial charge in [-0.1, -0.05) is 35.9 Å². The van der Waals surface area contributed by atoms with Crippen molar-refractivity contribution in [3.63, 3.8) is 0 Å². The summed E-state index contributed by atoms with van der Waals surface area (Å²) in [6, 6.07) is 16.1. The van der Waals surface area contributed by atoms with E-state index >= 15 is 0 Å². The van der Waals surface area contributed by atoms with E-state index in [9.17, 15) is 14.4 Å². The molecule has 8 rings (SSSR count). The highest BCUT2D eigenvalue weighted by Gasteiger charge is 2.49. The third-order valence-corrected chi connectivity index (χ3v) is 11.3. The normalized spacial score (nSPS) is 23.2. The molecule has 1 amide bonds. The second-order valence-corrected chi connectivity index (χ2v) is 14.7. The summed E-state index contributed by atoms with van der Waals surface area (Å²) in [5, 5.41) is 12.6. The van der Waals surface area contributed by atoms with Crippen LogP contribution < -0.4 is 14.5 Å². The molecule has 13 heteroatoms. The number of alkyl halides is 1. The van der Waals surface area contributed by atoms with E-state index in [0.29, 0.717) is 68.7 Å². The average molecular weight is 722 g/mol. The van der Waals surface area contributed by atoms with E-state index in [2.05, 4.69) is 55.0 Å². The molecule has 0 radical (unpaired) electrons. The molecule has 4 aromatic rings. The minimum atomic E-state index is -0.860. The maximum absolute atomic E-state index is 14.6. The fourth-order valence-corrected chi connectivity index (χ4v) is 8.82. The number of halogens is 2. The van der Waals surface area contributed by atoms with Crippen molar-refractivity contribution in [3.05, 3.63) is 82.5 Å². The Kier molecular flexibility index (Phi) is 9.40. The Morgan fingerprint density at radius 2 is 1.96 bits per heavy atom. The summed E-state index contributed by atoms with van der Waals surface area (Å²) in [6.45, 7) is 6.10. The summed E-state index contributed by atoms with van der Waals surface area (Å²) in [7, 11) is 0. The van der Waals surface area contributed by atoms with Crippen LogP contribution in [0.1, 0.15) is 48.5 Å². The summed E-state index contributed by atoms with van der Waals surface area (Å²) >= 11 is 6.75. The van der Waals surface area contributed by atoms with Crippen LogP contribution in [0, 0.1) is 18.3 Å². The second kappa shape index (κ2) is 14.3. The lowest BCUT2D eigenvalue weighted by Gasteiger charge is -2.42. The highest BCUT2D eigenvalue weighted by molar-refractivity contribution is 6.36. The number of carbonyl (C=O) groups is 1. The molecule has 0 bridgehead atoms. The third-order valence-electron chi connectivity index (χ3n) is 11.0. The van der Waals surface area contributed by atoms with E-state index in [4.69, 9.17) is 26.3 Å². The standard InChI is InChI=1S/C39H41ClFN9O2/c1-26-43-16-12-29(44-26)9-10-35(51)50-20-19-48(23-30(50)11-15-42)37-31-13-18-47(34-8-3-6-27-5-2-7-32(40)36(27)34)24-33(31)45-38(46-37)52-25-39-14-4-17-49(39)22-28(41)21-39/h2-3,5-10,12,16,28,30H,4,11,13-14,17-25H2,1H3/b10-9+/t28-,30+,39+/m1/s1. The number of amides is 1. The van der Waals surface area contributed by atoms with Crippen molar-refractivity contribution in [1.29, 1.82) is 5.26 Å². The first-order valence-electron chi connectivity index (χ1n) is 18.0. The Hall–Kier alpha value is -4.86. The average Bonchev–Trinajstić information content (AvgIpc) is 3.68. The maximum atomic E-state index is 14.6. The van der Waals surface area contributed by atoms with E-state index in [1.807, 2.05) is 12.1 Å². The Labute approximate surface area is 307 Å². The monoisotopic (exact) mass is 721 g/mol. The van der Waals surface area contributed by atoms with Gasteiger partial charge in [0.25, 0.3) is 0 Å². The molecule has 52 heavy (non-hydrogen) atoms. The summed E-state index contributed by atoms with van der Waals surface area (Å²) in [4.78, 5) is 40.5. The lowest BCUT2D eigenvalue weighted by Crippen LogP contribution is -2.55. The number of benzene rings is 2. The maximum Gasteiger partial charge on any atom is 0.318 e. The molecule has 3 atom stereocenters. The van der Waals surface area contributed by atoms with E-state index in [0.717, 1.165) is 59.5 Å². The van der Waals surface area contributed by atoms with Crippen molar-refractivity contribution in [3.8, 4) is 12.1 Å². The zero-order chi connectivity index (χ0) is 35.8. The van der Waals surface area contributed by atoms with E-state index in [-0.39, 0.29) is 29.9 Å². The van der Waals surface area contributed by atoms with Crippen LogP contribution in [-0.2, 0) is 17.8 Å². The number of carbonyl (C=O) groups excluding carboxylic acids is 1. The van der Waals surface area contributed by atoms with E-state index in [1.54, 1.807) is 30.2 Å². The molecule has 4 aliphatic heterocycles. The van der Waals surface area contributed by atoms with Crippen LogP contribution in [0.3, 0.4) is 0 Å². The molecule has 0 saturated carbocycles. The van der Waals surface area contributed by atoms with Gasteiger partial charge >= 0.3 is 6.01 Å². The van der Waals surface area contributed by atoms with Crippen LogP contribution in [0.4, 0.5) is 15.9 Å². The van der Waals surface area contributed by atoms with Crippen molar-refractivity contribution >= 4 is 45.9 Å². The summed E-state index contributed by atoms with van der Waals surface area (Å²) in [5.41, 5.74) is 3.25. The minimum Gasteiger partial charge on any atom is -0.461 e. The van der Waals surface area contributed by atoms with Gasteiger partial charge in [-0.2, -0.15) is 15.2 Å². The second-order valence-electron chi connectivity index (χ2n) is 14.3. The number of hydrogen-bond donors (Lipinski definition) is 0. The fourth-order valence-electron chi connectivity index (χ4n) is 8.55. The quantitative estimate of drug-likeness (QED) is 0.215. The predicted molar refractivity (Wildman–Crippen MR) is 198 cm³/mol. The number of piperazine rings is 1. The van der Waals surface area contributed by atoms with Crippen LogP contribution in [0.15, 0.2) is 54.7 Å². The SMILES string of the molecule is Cc1nccc(/C=C/C(=O)N2CCN(c3nc(OC[C@@]45CCCN4C[C@H](F)C5)nc4c3CCN(c3cccc5cccc(Cl)c35)C4)C[C@@H]2CC#N)n1. The van der Waals surface area contributed by atoms with Crippen molar-refractivity contribution in [2.45, 2.75) is 63.3 Å². The van der Waals surface area contributed by atoms with Gasteiger partial charge in [-0.25, -0.2) is 14.4 Å². The third kappa shape index (κ3) is 6.63. The summed E-state index contributed by atoms with van der Waals surface area (Å²) in [6.07, 6.45) is 7.24. The molecular weight excluding hydrogens is 681 g/mol. The Balaban J connectivity index is 1.09. The molecular formula is C39H41ClFN9O2. The molecule has 2 aromatic carbocycles. The lowest BCUT2D eigenvalue weighted by atomic mass is 9.95. The molecule has 3 saturated heterocycles. The van der Waals surface area contributed by atoms with Crippen LogP contribution in [0.25, 0.3) is 16.8 Å². The largest absolute Gasteiger partial charge is 0.461 e. The molecule has 0 unspecified atom stereocenters. The molecule has 4 aliphatic rings.